The Morgan fingerprint density at radius 2 is 2.00 bits per heavy atom. The van der Waals surface area contributed by atoms with Crippen LogP contribution in [0.3, 0.4) is 0 Å². The molecule has 0 saturated heterocycles. The van der Waals surface area contributed by atoms with E-state index in [0.29, 0.717) is 6.04 Å². The van der Waals surface area contributed by atoms with Crippen LogP contribution in [-0.2, 0) is 6.54 Å². The number of hydrogen-bond donors (Lipinski definition) is 1. The molecule has 1 fully saturated rings. The Hall–Kier alpha value is -2.07. The summed E-state index contributed by atoms with van der Waals surface area (Å²) >= 11 is 0. The molecule has 4 nitrogen and oxygen atoms in total. The van der Waals surface area contributed by atoms with Crippen molar-refractivity contribution >= 4 is 0 Å². The number of methoxy groups -OCH3 is 2. The van der Waals surface area contributed by atoms with E-state index in [1.807, 2.05) is 30.6 Å². The van der Waals surface area contributed by atoms with Gasteiger partial charge in [0.2, 0.25) is 0 Å². The topological polar surface area (TPSA) is 43.4 Å². The third kappa shape index (κ3) is 3.34. The van der Waals surface area contributed by atoms with Crippen molar-refractivity contribution in [2.24, 2.45) is 0 Å². The number of nitrogens with one attached hydrogen (secondary N) is 1. The third-order valence-corrected chi connectivity index (χ3v) is 3.69. The van der Waals surface area contributed by atoms with Gasteiger partial charge in [-0.15, -0.1) is 0 Å². The largest absolute Gasteiger partial charge is 0.497 e. The first-order valence-electron chi connectivity index (χ1n) is 7.20. The molecule has 21 heavy (non-hydrogen) atoms. The zero-order valence-corrected chi connectivity index (χ0v) is 12.4. The third-order valence-electron chi connectivity index (χ3n) is 3.69. The lowest BCUT2D eigenvalue weighted by atomic mass is 10.0. The van der Waals surface area contributed by atoms with Crippen LogP contribution in [-0.4, -0.2) is 25.2 Å². The second-order valence-corrected chi connectivity index (χ2v) is 5.30. The Balaban J connectivity index is 1.86. The average molecular weight is 284 g/mol. The van der Waals surface area contributed by atoms with E-state index in [1.165, 1.54) is 18.4 Å². The van der Waals surface area contributed by atoms with Crippen molar-refractivity contribution in [1.82, 2.24) is 10.3 Å². The van der Waals surface area contributed by atoms with E-state index in [9.17, 15) is 0 Å². The highest BCUT2D eigenvalue weighted by atomic mass is 16.5. The van der Waals surface area contributed by atoms with Gasteiger partial charge in [-0.3, -0.25) is 4.98 Å². The Kier molecular flexibility index (Phi) is 4.06. The summed E-state index contributed by atoms with van der Waals surface area (Å²) in [4.78, 5) is 4.35. The van der Waals surface area contributed by atoms with E-state index in [0.717, 1.165) is 29.2 Å². The molecule has 4 heteroatoms. The molecule has 2 aromatic rings. The van der Waals surface area contributed by atoms with E-state index in [1.54, 1.807) is 14.2 Å². The van der Waals surface area contributed by atoms with E-state index in [4.69, 9.17) is 9.47 Å². The van der Waals surface area contributed by atoms with Gasteiger partial charge in [0.05, 0.1) is 14.2 Å². The lowest BCUT2D eigenvalue weighted by Gasteiger charge is -2.11. The fourth-order valence-corrected chi connectivity index (χ4v) is 2.32. The minimum Gasteiger partial charge on any atom is -0.497 e. The second kappa shape index (κ2) is 6.14. The zero-order chi connectivity index (χ0) is 14.7. The first kappa shape index (κ1) is 13.9. The van der Waals surface area contributed by atoms with Crippen LogP contribution in [0, 0.1) is 0 Å². The van der Waals surface area contributed by atoms with Crippen LogP contribution in [0.5, 0.6) is 11.5 Å². The SMILES string of the molecule is COc1ccc(-c2cncc(CNC3CC3)c2)c(OC)c1. The number of pyridine rings is 1. The number of ether oxygens (including phenoxy) is 2. The lowest BCUT2D eigenvalue weighted by molar-refractivity contribution is 0.395. The molecule has 110 valence electrons. The van der Waals surface area contributed by atoms with Gasteiger partial charge in [-0.05, 0) is 36.6 Å². The minimum atomic E-state index is 0.698. The van der Waals surface area contributed by atoms with Gasteiger partial charge in [-0.2, -0.15) is 0 Å². The highest BCUT2D eigenvalue weighted by Gasteiger charge is 2.20. The van der Waals surface area contributed by atoms with Gasteiger partial charge in [0.1, 0.15) is 11.5 Å². The van der Waals surface area contributed by atoms with Crippen molar-refractivity contribution in [2.45, 2.75) is 25.4 Å². The first-order chi connectivity index (χ1) is 10.3. The number of rotatable bonds is 6. The average Bonchev–Trinajstić information content (AvgIpc) is 3.37. The van der Waals surface area contributed by atoms with Crippen molar-refractivity contribution in [1.29, 1.82) is 0 Å². The van der Waals surface area contributed by atoms with Crippen LogP contribution in [0.25, 0.3) is 11.1 Å². The Morgan fingerprint density at radius 1 is 1.14 bits per heavy atom. The number of nitrogens with zero attached hydrogens (tertiary/aromatic N) is 1. The maximum Gasteiger partial charge on any atom is 0.130 e. The number of aromatic nitrogens is 1. The van der Waals surface area contributed by atoms with Crippen LogP contribution in [0.4, 0.5) is 0 Å². The summed E-state index contributed by atoms with van der Waals surface area (Å²) in [6, 6.07) is 8.70. The monoisotopic (exact) mass is 284 g/mol. The Labute approximate surface area is 125 Å². The Morgan fingerprint density at radius 3 is 2.71 bits per heavy atom. The molecular formula is C17H20N2O2. The lowest BCUT2D eigenvalue weighted by Crippen LogP contribution is -2.15. The van der Waals surface area contributed by atoms with Crippen LogP contribution in [0.2, 0.25) is 0 Å². The van der Waals surface area contributed by atoms with E-state index in [2.05, 4.69) is 16.4 Å². The summed E-state index contributed by atoms with van der Waals surface area (Å²) in [5.74, 6) is 1.58. The molecule has 0 bridgehead atoms. The van der Waals surface area contributed by atoms with Gasteiger partial charge in [-0.25, -0.2) is 0 Å². The standard InChI is InChI=1S/C17H20N2O2/c1-20-15-5-6-16(17(8-15)21-2)13-7-12(9-18-11-13)10-19-14-3-4-14/h5-9,11,14,19H,3-4,10H2,1-2H3. The van der Waals surface area contributed by atoms with Gasteiger partial charge in [0.25, 0.3) is 0 Å². The fraction of sp³-hybridized carbons (Fsp3) is 0.353. The molecule has 0 radical (unpaired) electrons. The van der Waals surface area contributed by atoms with Crippen LogP contribution >= 0.6 is 0 Å². The van der Waals surface area contributed by atoms with Gasteiger partial charge < -0.3 is 14.8 Å². The fourth-order valence-electron chi connectivity index (χ4n) is 2.32. The summed E-state index contributed by atoms with van der Waals surface area (Å²) in [6.07, 6.45) is 6.36. The maximum absolute atomic E-state index is 5.47. The molecule has 1 aromatic heterocycles. The van der Waals surface area contributed by atoms with Crippen LogP contribution in [0.15, 0.2) is 36.7 Å². The van der Waals surface area contributed by atoms with Crippen molar-refractivity contribution in [3.8, 4) is 22.6 Å². The molecule has 0 atom stereocenters. The van der Waals surface area contributed by atoms with E-state index >= 15 is 0 Å². The Bertz CT molecular complexity index is 624. The second-order valence-electron chi connectivity index (χ2n) is 5.30. The van der Waals surface area contributed by atoms with Gasteiger partial charge in [0.15, 0.2) is 0 Å². The van der Waals surface area contributed by atoms with Crippen molar-refractivity contribution in [2.75, 3.05) is 14.2 Å². The smallest absolute Gasteiger partial charge is 0.130 e. The van der Waals surface area contributed by atoms with Crippen molar-refractivity contribution in [3.63, 3.8) is 0 Å². The summed E-state index contributed by atoms with van der Waals surface area (Å²) < 4.78 is 10.7. The molecule has 0 amide bonds. The first-order valence-corrected chi connectivity index (χ1v) is 7.20. The molecule has 0 unspecified atom stereocenters. The molecule has 1 aromatic carbocycles. The zero-order valence-electron chi connectivity index (χ0n) is 12.4. The summed E-state index contributed by atoms with van der Waals surface area (Å²) in [5.41, 5.74) is 3.28. The number of benzene rings is 1. The number of hydrogen-bond acceptors (Lipinski definition) is 4. The summed E-state index contributed by atoms with van der Waals surface area (Å²) in [6.45, 7) is 0.865. The molecule has 1 aliphatic rings. The van der Waals surface area contributed by atoms with Crippen LogP contribution < -0.4 is 14.8 Å². The highest BCUT2D eigenvalue weighted by molar-refractivity contribution is 5.71. The summed E-state index contributed by atoms with van der Waals surface area (Å²) in [7, 11) is 3.32. The quantitative estimate of drug-likeness (QED) is 0.885. The molecule has 0 spiro atoms. The highest BCUT2D eigenvalue weighted by Crippen LogP contribution is 2.33. The van der Waals surface area contributed by atoms with Gasteiger partial charge in [0, 0.05) is 42.2 Å². The molecule has 1 N–H and O–H groups in total. The molecule has 1 aliphatic carbocycles. The van der Waals surface area contributed by atoms with E-state index < -0.39 is 0 Å². The summed E-state index contributed by atoms with van der Waals surface area (Å²) in [5, 5.41) is 3.51. The van der Waals surface area contributed by atoms with Crippen molar-refractivity contribution in [3.05, 3.63) is 42.2 Å². The molecule has 0 aliphatic heterocycles. The van der Waals surface area contributed by atoms with Crippen molar-refractivity contribution < 1.29 is 9.47 Å². The van der Waals surface area contributed by atoms with Crippen LogP contribution in [0.1, 0.15) is 18.4 Å². The predicted molar refractivity (Wildman–Crippen MR) is 82.6 cm³/mol. The van der Waals surface area contributed by atoms with Gasteiger partial charge in [-0.1, -0.05) is 0 Å². The molecular weight excluding hydrogens is 264 g/mol. The molecule has 1 saturated carbocycles. The maximum atomic E-state index is 5.47. The van der Waals surface area contributed by atoms with Gasteiger partial charge >= 0.3 is 0 Å². The normalized spacial score (nSPS) is 14.0. The molecule has 3 rings (SSSR count). The minimum absolute atomic E-state index is 0.698. The van der Waals surface area contributed by atoms with E-state index in [-0.39, 0.29) is 0 Å². The molecule has 1 heterocycles. The predicted octanol–water partition coefficient (Wildman–Crippen LogP) is 3.02.